The number of nitrogens with zero attached hydrogens (tertiary/aromatic N) is 3. The van der Waals surface area contributed by atoms with Gasteiger partial charge in [0.1, 0.15) is 5.82 Å². The molecule has 1 aromatic carbocycles. The Morgan fingerprint density at radius 1 is 1.39 bits per heavy atom. The summed E-state index contributed by atoms with van der Waals surface area (Å²) in [5.74, 6) is -0.785. The fourth-order valence-corrected chi connectivity index (χ4v) is 3.03. The summed E-state index contributed by atoms with van der Waals surface area (Å²) in [6.07, 6.45) is 3.20. The highest BCUT2D eigenvalue weighted by Gasteiger charge is 2.23. The molecule has 1 aliphatic rings. The van der Waals surface area contributed by atoms with E-state index >= 15 is 0 Å². The predicted molar refractivity (Wildman–Crippen MR) is 84.3 cm³/mol. The van der Waals surface area contributed by atoms with Gasteiger partial charge in [-0.2, -0.15) is 0 Å². The molecule has 1 amide bonds. The first-order chi connectivity index (χ1) is 11.0. The van der Waals surface area contributed by atoms with Crippen molar-refractivity contribution in [1.82, 2.24) is 14.5 Å². The van der Waals surface area contributed by atoms with Crippen LogP contribution < -0.4 is 11.3 Å². The maximum Gasteiger partial charge on any atom is 0.261 e. The molecule has 0 aliphatic carbocycles. The van der Waals surface area contributed by atoms with Crippen molar-refractivity contribution in [2.45, 2.75) is 19.4 Å². The molecule has 2 heterocycles. The van der Waals surface area contributed by atoms with Crippen LogP contribution in [0.25, 0.3) is 10.9 Å². The molecule has 0 saturated carbocycles. The third-order valence-electron chi connectivity index (χ3n) is 4.35. The molecule has 1 aromatic heterocycles. The second-order valence-corrected chi connectivity index (χ2v) is 5.95. The van der Waals surface area contributed by atoms with Crippen LogP contribution >= 0.6 is 0 Å². The Kier molecular flexibility index (Phi) is 4.38. The summed E-state index contributed by atoms with van der Waals surface area (Å²) in [7, 11) is 0. The van der Waals surface area contributed by atoms with Crippen LogP contribution in [0.2, 0.25) is 0 Å². The van der Waals surface area contributed by atoms with Crippen molar-refractivity contribution >= 4 is 16.8 Å². The SMILES string of the molecule is NC(=O)[C@H]1CCCN(CCn2cnc3cc(F)ccc3c2=O)C1. The molecular formula is C16H19FN4O2. The van der Waals surface area contributed by atoms with E-state index in [-0.39, 0.29) is 17.4 Å². The van der Waals surface area contributed by atoms with Gasteiger partial charge in [0.05, 0.1) is 23.1 Å². The summed E-state index contributed by atoms with van der Waals surface area (Å²) in [4.78, 5) is 30.0. The third kappa shape index (κ3) is 3.39. The molecule has 2 aromatic rings. The standard InChI is InChI=1S/C16H19FN4O2/c17-12-3-4-13-14(8-12)19-10-21(16(13)23)7-6-20-5-1-2-11(9-20)15(18)22/h3-4,8,10-11H,1-2,5-7,9H2,(H2,18,22)/t11-/m0/s1. The van der Waals surface area contributed by atoms with Crippen molar-refractivity contribution in [1.29, 1.82) is 0 Å². The van der Waals surface area contributed by atoms with Crippen molar-refractivity contribution in [3.8, 4) is 0 Å². The van der Waals surface area contributed by atoms with Crippen LogP contribution in [-0.2, 0) is 11.3 Å². The van der Waals surface area contributed by atoms with E-state index in [2.05, 4.69) is 9.88 Å². The van der Waals surface area contributed by atoms with Gasteiger partial charge >= 0.3 is 0 Å². The first-order valence-electron chi connectivity index (χ1n) is 7.71. The van der Waals surface area contributed by atoms with Crippen molar-refractivity contribution in [3.63, 3.8) is 0 Å². The number of primary amides is 1. The van der Waals surface area contributed by atoms with Gasteiger partial charge in [-0.3, -0.25) is 14.2 Å². The fourth-order valence-electron chi connectivity index (χ4n) is 3.03. The molecular weight excluding hydrogens is 299 g/mol. The van der Waals surface area contributed by atoms with Gasteiger partial charge in [0.2, 0.25) is 5.91 Å². The average Bonchev–Trinajstić information content (AvgIpc) is 2.54. The molecule has 6 nitrogen and oxygen atoms in total. The summed E-state index contributed by atoms with van der Waals surface area (Å²) in [5, 5.41) is 0.405. The van der Waals surface area contributed by atoms with Crippen LogP contribution in [0.1, 0.15) is 12.8 Å². The molecule has 1 fully saturated rings. The minimum atomic E-state index is -0.409. The lowest BCUT2D eigenvalue weighted by Crippen LogP contribution is -2.42. The zero-order valence-corrected chi connectivity index (χ0v) is 12.7. The van der Waals surface area contributed by atoms with Crippen LogP contribution in [-0.4, -0.2) is 40.0 Å². The van der Waals surface area contributed by atoms with Gasteiger partial charge in [-0.25, -0.2) is 9.37 Å². The van der Waals surface area contributed by atoms with Crippen LogP contribution in [0.3, 0.4) is 0 Å². The van der Waals surface area contributed by atoms with E-state index in [9.17, 15) is 14.0 Å². The van der Waals surface area contributed by atoms with E-state index in [1.54, 1.807) is 0 Å². The quantitative estimate of drug-likeness (QED) is 0.901. The molecule has 1 aliphatic heterocycles. The van der Waals surface area contributed by atoms with Crippen LogP contribution in [0.4, 0.5) is 4.39 Å². The van der Waals surface area contributed by atoms with Gasteiger partial charge in [0.15, 0.2) is 0 Å². The van der Waals surface area contributed by atoms with E-state index < -0.39 is 5.82 Å². The number of fused-ring (bicyclic) bond motifs is 1. The molecule has 0 bridgehead atoms. The molecule has 0 unspecified atom stereocenters. The number of nitrogens with two attached hydrogens (primary N) is 1. The number of hydrogen-bond donors (Lipinski definition) is 1. The average molecular weight is 318 g/mol. The highest BCUT2D eigenvalue weighted by molar-refractivity contribution is 5.77. The number of carbonyl (C=O) groups excluding carboxylic acids is 1. The number of halogens is 1. The van der Waals surface area contributed by atoms with Crippen molar-refractivity contribution in [2.75, 3.05) is 19.6 Å². The Hall–Kier alpha value is -2.28. The van der Waals surface area contributed by atoms with Crippen molar-refractivity contribution in [3.05, 3.63) is 40.7 Å². The molecule has 3 rings (SSSR count). The predicted octanol–water partition coefficient (Wildman–Crippen LogP) is 0.733. The van der Waals surface area contributed by atoms with Gasteiger partial charge < -0.3 is 10.6 Å². The number of aromatic nitrogens is 2. The van der Waals surface area contributed by atoms with Gasteiger partial charge in [-0.1, -0.05) is 0 Å². The van der Waals surface area contributed by atoms with E-state index in [1.807, 2.05) is 0 Å². The Balaban J connectivity index is 1.72. The molecule has 2 N–H and O–H groups in total. The summed E-state index contributed by atoms with van der Waals surface area (Å²) in [6.45, 7) is 2.66. The molecule has 0 spiro atoms. The molecule has 122 valence electrons. The van der Waals surface area contributed by atoms with Gasteiger partial charge in [-0.05, 0) is 31.5 Å². The lowest BCUT2D eigenvalue weighted by atomic mass is 9.97. The summed E-state index contributed by atoms with van der Waals surface area (Å²) < 4.78 is 14.7. The lowest BCUT2D eigenvalue weighted by molar-refractivity contribution is -0.123. The minimum absolute atomic E-state index is 0.113. The van der Waals surface area contributed by atoms with E-state index in [0.29, 0.717) is 30.5 Å². The van der Waals surface area contributed by atoms with Crippen molar-refractivity contribution in [2.24, 2.45) is 11.7 Å². The molecule has 23 heavy (non-hydrogen) atoms. The first-order valence-corrected chi connectivity index (χ1v) is 7.71. The lowest BCUT2D eigenvalue weighted by Gasteiger charge is -2.31. The van der Waals surface area contributed by atoms with Gasteiger partial charge in [-0.15, -0.1) is 0 Å². The van der Waals surface area contributed by atoms with E-state index in [1.165, 1.54) is 29.1 Å². The number of likely N-dealkylation sites (tertiary alicyclic amines) is 1. The number of hydrogen-bond acceptors (Lipinski definition) is 4. The van der Waals surface area contributed by atoms with Crippen LogP contribution in [0.5, 0.6) is 0 Å². The molecule has 0 radical (unpaired) electrons. The number of benzene rings is 1. The molecule has 7 heteroatoms. The largest absolute Gasteiger partial charge is 0.369 e. The summed E-state index contributed by atoms with van der Waals surface area (Å²) in [5.41, 5.74) is 5.55. The van der Waals surface area contributed by atoms with Crippen LogP contribution in [0, 0.1) is 11.7 Å². The highest BCUT2D eigenvalue weighted by Crippen LogP contribution is 2.15. The second-order valence-electron chi connectivity index (χ2n) is 5.95. The van der Waals surface area contributed by atoms with E-state index in [0.717, 1.165) is 19.4 Å². The third-order valence-corrected chi connectivity index (χ3v) is 4.35. The van der Waals surface area contributed by atoms with Gasteiger partial charge in [0.25, 0.3) is 5.56 Å². The first kappa shape index (κ1) is 15.6. The highest BCUT2D eigenvalue weighted by atomic mass is 19.1. The number of carbonyl (C=O) groups is 1. The Morgan fingerprint density at radius 2 is 2.22 bits per heavy atom. The minimum Gasteiger partial charge on any atom is -0.369 e. The van der Waals surface area contributed by atoms with E-state index in [4.69, 9.17) is 5.73 Å². The Bertz CT molecular complexity index is 789. The maximum atomic E-state index is 13.2. The Labute approximate surface area is 132 Å². The van der Waals surface area contributed by atoms with Crippen LogP contribution in [0.15, 0.2) is 29.3 Å². The summed E-state index contributed by atoms with van der Waals surface area (Å²) in [6, 6.07) is 3.97. The second kappa shape index (κ2) is 6.45. The smallest absolute Gasteiger partial charge is 0.261 e. The monoisotopic (exact) mass is 318 g/mol. The Morgan fingerprint density at radius 3 is 3.00 bits per heavy atom. The summed E-state index contributed by atoms with van der Waals surface area (Å²) >= 11 is 0. The number of piperidine rings is 1. The van der Waals surface area contributed by atoms with Gasteiger partial charge in [0, 0.05) is 25.7 Å². The normalized spacial score (nSPS) is 19.1. The molecule has 1 saturated heterocycles. The number of rotatable bonds is 4. The molecule has 1 atom stereocenters. The maximum absolute atomic E-state index is 13.2. The number of amides is 1. The van der Waals surface area contributed by atoms with Crippen molar-refractivity contribution < 1.29 is 9.18 Å². The zero-order valence-electron chi connectivity index (χ0n) is 12.7. The fraction of sp³-hybridized carbons (Fsp3) is 0.438. The zero-order chi connectivity index (χ0) is 16.4. The topological polar surface area (TPSA) is 81.2 Å².